The summed E-state index contributed by atoms with van der Waals surface area (Å²) in [6.45, 7) is 7.38. The van der Waals surface area contributed by atoms with Crippen molar-refractivity contribution >= 4 is 17.6 Å². The van der Waals surface area contributed by atoms with Gasteiger partial charge in [0.15, 0.2) is 0 Å². The first-order chi connectivity index (χ1) is 8.20. The molecule has 1 unspecified atom stereocenters. The molecule has 1 aromatic rings. The summed E-state index contributed by atoms with van der Waals surface area (Å²) in [6.07, 6.45) is 2.51. The molecule has 0 aliphatic carbocycles. The highest BCUT2D eigenvalue weighted by Crippen LogP contribution is 2.38. The van der Waals surface area contributed by atoms with Gasteiger partial charge < -0.3 is 5.32 Å². The minimum Gasteiger partial charge on any atom is -0.370 e. The molecule has 94 valence electrons. The van der Waals surface area contributed by atoms with Crippen LogP contribution in [0.4, 0.5) is 5.82 Å². The molecular formula is C13H21N3S. The molecule has 0 radical (unpaired) electrons. The SMILES string of the molecule is CCNc1cc(C(C)C)nc(C2CCCS2)n1. The average molecular weight is 251 g/mol. The monoisotopic (exact) mass is 251 g/mol. The van der Waals surface area contributed by atoms with E-state index < -0.39 is 0 Å². The van der Waals surface area contributed by atoms with Crippen molar-refractivity contribution < 1.29 is 0 Å². The van der Waals surface area contributed by atoms with E-state index in [1.54, 1.807) is 0 Å². The summed E-state index contributed by atoms with van der Waals surface area (Å²) in [5.41, 5.74) is 1.15. The molecule has 0 bridgehead atoms. The maximum absolute atomic E-state index is 4.73. The van der Waals surface area contributed by atoms with E-state index in [-0.39, 0.29) is 0 Å². The Balaban J connectivity index is 2.29. The van der Waals surface area contributed by atoms with Gasteiger partial charge in [-0.2, -0.15) is 11.8 Å². The van der Waals surface area contributed by atoms with Crippen LogP contribution in [-0.2, 0) is 0 Å². The van der Waals surface area contributed by atoms with Crippen LogP contribution < -0.4 is 5.32 Å². The van der Waals surface area contributed by atoms with Crippen LogP contribution in [0.15, 0.2) is 6.07 Å². The number of aromatic nitrogens is 2. The average Bonchev–Trinajstić information content (AvgIpc) is 2.82. The Morgan fingerprint density at radius 2 is 2.29 bits per heavy atom. The van der Waals surface area contributed by atoms with Gasteiger partial charge in [0.05, 0.1) is 5.25 Å². The maximum Gasteiger partial charge on any atom is 0.143 e. The van der Waals surface area contributed by atoms with E-state index in [1.165, 1.54) is 18.6 Å². The Kier molecular flexibility index (Phi) is 4.26. The van der Waals surface area contributed by atoms with E-state index in [0.29, 0.717) is 11.2 Å². The van der Waals surface area contributed by atoms with Crippen LogP contribution in [0.2, 0.25) is 0 Å². The van der Waals surface area contributed by atoms with Crippen molar-refractivity contribution in [3.63, 3.8) is 0 Å². The summed E-state index contributed by atoms with van der Waals surface area (Å²) in [7, 11) is 0. The minimum atomic E-state index is 0.459. The third-order valence-electron chi connectivity index (χ3n) is 2.93. The fourth-order valence-electron chi connectivity index (χ4n) is 1.98. The lowest BCUT2D eigenvalue weighted by Gasteiger charge is -2.13. The van der Waals surface area contributed by atoms with Gasteiger partial charge in [0, 0.05) is 18.3 Å². The van der Waals surface area contributed by atoms with Gasteiger partial charge >= 0.3 is 0 Å². The normalized spacial score (nSPS) is 19.9. The second kappa shape index (κ2) is 5.71. The highest BCUT2D eigenvalue weighted by Gasteiger charge is 2.21. The van der Waals surface area contributed by atoms with Gasteiger partial charge in [-0.15, -0.1) is 0 Å². The van der Waals surface area contributed by atoms with Gasteiger partial charge in [-0.05, 0) is 31.4 Å². The summed E-state index contributed by atoms with van der Waals surface area (Å²) in [4.78, 5) is 9.37. The standard InChI is InChI=1S/C13H21N3S/c1-4-14-12-8-10(9(2)3)15-13(16-12)11-6-5-7-17-11/h8-9,11H,4-7H2,1-3H3,(H,14,15,16). The summed E-state index contributed by atoms with van der Waals surface area (Å²) >= 11 is 1.99. The molecule has 0 aromatic carbocycles. The lowest BCUT2D eigenvalue weighted by atomic mass is 10.1. The highest BCUT2D eigenvalue weighted by molar-refractivity contribution is 7.99. The van der Waals surface area contributed by atoms with Gasteiger partial charge in [-0.25, -0.2) is 9.97 Å². The molecular weight excluding hydrogens is 230 g/mol. The van der Waals surface area contributed by atoms with Crippen LogP contribution in [0, 0.1) is 0 Å². The Morgan fingerprint density at radius 3 is 2.88 bits per heavy atom. The molecule has 17 heavy (non-hydrogen) atoms. The van der Waals surface area contributed by atoms with E-state index in [2.05, 4.69) is 37.1 Å². The topological polar surface area (TPSA) is 37.8 Å². The molecule has 4 heteroatoms. The first-order valence-corrected chi connectivity index (χ1v) is 7.50. The summed E-state index contributed by atoms with van der Waals surface area (Å²) in [6, 6.07) is 2.08. The van der Waals surface area contributed by atoms with E-state index in [9.17, 15) is 0 Å². The molecule has 0 spiro atoms. The van der Waals surface area contributed by atoms with Crippen LogP contribution in [-0.4, -0.2) is 22.3 Å². The second-order valence-electron chi connectivity index (χ2n) is 4.72. The van der Waals surface area contributed by atoms with E-state index in [1.807, 2.05) is 11.8 Å². The number of hydrogen-bond acceptors (Lipinski definition) is 4. The van der Waals surface area contributed by atoms with Gasteiger partial charge in [-0.1, -0.05) is 13.8 Å². The van der Waals surface area contributed by atoms with Gasteiger partial charge in [-0.3, -0.25) is 0 Å². The van der Waals surface area contributed by atoms with Crippen molar-refractivity contribution in [3.05, 3.63) is 17.6 Å². The zero-order chi connectivity index (χ0) is 12.3. The first kappa shape index (κ1) is 12.7. The number of nitrogens with one attached hydrogen (secondary N) is 1. The largest absolute Gasteiger partial charge is 0.370 e. The summed E-state index contributed by atoms with van der Waals surface area (Å²) in [5, 5.41) is 3.81. The Morgan fingerprint density at radius 1 is 1.47 bits per heavy atom. The van der Waals surface area contributed by atoms with Crippen molar-refractivity contribution in [1.29, 1.82) is 0 Å². The first-order valence-electron chi connectivity index (χ1n) is 6.45. The lowest BCUT2D eigenvalue weighted by molar-refractivity contribution is 0.741. The van der Waals surface area contributed by atoms with Crippen LogP contribution in [0.25, 0.3) is 0 Å². The summed E-state index contributed by atoms with van der Waals surface area (Å²) in [5.74, 6) is 3.71. The Labute approximate surface area is 108 Å². The van der Waals surface area contributed by atoms with E-state index in [4.69, 9.17) is 4.98 Å². The van der Waals surface area contributed by atoms with Crippen LogP contribution in [0.3, 0.4) is 0 Å². The predicted octanol–water partition coefficient (Wildman–Crippen LogP) is 3.60. The molecule has 1 aliphatic rings. The van der Waals surface area contributed by atoms with Crippen molar-refractivity contribution in [2.45, 2.75) is 44.8 Å². The number of hydrogen-bond donors (Lipinski definition) is 1. The molecule has 0 saturated carbocycles. The maximum atomic E-state index is 4.73. The van der Waals surface area contributed by atoms with Gasteiger partial charge in [0.2, 0.25) is 0 Å². The van der Waals surface area contributed by atoms with E-state index in [0.717, 1.165) is 23.9 Å². The number of thioether (sulfide) groups is 1. The molecule has 1 fully saturated rings. The quantitative estimate of drug-likeness (QED) is 0.887. The second-order valence-corrected chi connectivity index (χ2v) is 6.03. The molecule has 1 aromatic heterocycles. The zero-order valence-corrected chi connectivity index (χ0v) is 11.7. The molecule has 0 amide bonds. The smallest absolute Gasteiger partial charge is 0.143 e. The number of nitrogens with zero attached hydrogens (tertiary/aromatic N) is 2. The van der Waals surface area contributed by atoms with Crippen molar-refractivity contribution in [1.82, 2.24) is 9.97 Å². The van der Waals surface area contributed by atoms with Crippen LogP contribution in [0.1, 0.15) is 56.3 Å². The Hall–Kier alpha value is -0.770. The molecule has 3 nitrogen and oxygen atoms in total. The lowest BCUT2D eigenvalue weighted by Crippen LogP contribution is -2.08. The zero-order valence-electron chi connectivity index (χ0n) is 10.9. The molecule has 1 N–H and O–H groups in total. The van der Waals surface area contributed by atoms with Gasteiger partial charge in [0.1, 0.15) is 11.6 Å². The molecule has 1 aliphatic heterocycles. The van der Waals surface area contributed by atoms with Crippen LogP contribution >= 0.6 is 11.8 Å². The van der Waals surface area contributed by atoms with Crippen molar-refractivity contribution in [2.75, 3.05) is 17.6 Å². The van der Waals surface area contributed by atoms with Gasteiger partial charge in [0.25, 0.3) is 0 Å². The Bertz CT molecular complexity index is 373. The fraction of sp³-hybridized carbons (Fsp3) is 0.692. The molecule has 1 atom stereocenters. The van der Waals surface area contributed by atoms with Crippen LogP contribution in [0.5, 0.6) is 0 Å². The molecule has 2 heterocycles. The predicted molar refractivity (Wildman–Crippen MR) is 74.7 cm³/mol. The number of rotatable bonds is 4. The third kappa shape index (κ3) is 3.12. The fourth-order valence-corrected chi connectivity index (χ4v) is 3.18. The van der Waals surface area contributed by atoms with Crippen molar-refractivity contribution in [2.24, 2.45) is 0 Å². The number of anilines is 1. The highest BCUT2D eigenvalue weighted by atomic mass is 32.2. The molecule has 1 saturated heterocycles. The third-order valence-corrected chi connectivity index (χ3v) is 4.30. The van der Waals surface area contributed by atoms with Crippen molar-refractivity contribution in [3.8, 4) is 0 Å². The van der Waals surface area contributed by atoms with E-state index >= 15 is 0 Å². The minimum absolute atomic E-state index is 0.459. The molecule has 2 rings (SSSR count). The summed E-state index contributed by atoms with van der Waals surface area (Å²) < 4.78 is 0.